The van der Waals surface area contributed by atoms with Crippen LogP contribution in [-0.4, -0.2) is 39.6 Å². The van der Waals surface area contributed by atoms with Crippen molar-refractivity contribution in [3.63, 3.8) is 0 Å². The van der Waals surface area contributed by atoms with Gasteiger partial charge in [0.2, 0.25) is 5.13 Å². The summed E-state index contributed by atoms with van der Waals surface area (Å²) in [5.41, 5.74) is 0.339. The minimum atomic E-state index is -0.171. The zero-order chi connectivity index (χ0) is 17.8. The molecule has 8 nitrogen and oxygen atoms in total. The van der Waals surface area contributed by atoms with Gasteiger partial charge in [-0.25, -0.2) is 4.98 Å². The number of nitrogens with zero attached hydrogens (tertiary/aromatic N) is 3. The molecule has 2 N–H and O–H groups in total. The second-order valence-electron chi connectivity index (χ2n) is 6.32. The number of amides is 1. The molecule has 1 fully saturated rings. The second kappa shape index (κ2) is 7.92. The smallest absolute Gasteiger partial charge is 0.273 e. The molecular weight excluding hydrogens is 342 g/mol. The number of nitrogens with one attached hydrogen (secondary N) is 2. The molecule has 1 unspecified atom stereocenters. The van der Waals surface area contributed by atoms with E-state index < -0.39 is 0 Å². The molecule has 2 aromatic heterocycles. The van der Waals surface area contributed by atoms with E-state index in [1.165, 1.54) is 11.5 Å². The van der Waals surface area contributed by atoms with Crippen LogP contribution in [-0.2, 0) is 4.74 Å². The van der Waals surface area contributed by atoms with Crippen LogP contribution in [0.3, 0.4) is 0 Å². The minimum absolute atomic E-state index is 0.0992. The van der Waals surface area contributed by atoms with Crippen molar-refractivity contribution in [1.29, 1.82) is 0 Å². The third-order valence-corrected chi connectivity index (χ3v) is 5.07. The van der Waals surface area contributed by atoms with Gasteiger partial charge in [0.25, 0.3) is 5.91 Å². The number of hydrogen-bond acceptors (Lipinski definition) is 8. The fourth-order valence-electron chi connectivity index (χ4n) is 2.85. The maximum absolute atomic E-state index is 12.1. The van der Waals surface area contributed by atoms with Gasteiger partial charge in [0.05, 0.1) is 0 Å². The van der Waals surface area contributed by atoms with E-state index in [1.807, 2.05) is 6.92 Å². The van der Waals surface area contributed by atoms with Gasteiger partial charge in [0.1, 0.15) is 11.9 Å². The van der Waals surface area contributed by atoms with Crippen LogP contribution in [0.1, 0.15) is 60.8 Å². The minimum Gasteiger partial charge on any atom is -0.374 e. The molecule has 1 aliphatic carbocycles. The third kappa shape index (κ3) is 4.55. The number of aromatic nitrogens is 3. The zero-order valence-electron chi connectivity index (χ0n) is 14.6. The summed E-state index contributed by atoms with van der Waals surface area (Å²) in [6, 6.07) is 2.17. The Morgan fingerprint density at radius 1 is 1.36 bits per heavy atom. The number of carbonyl (C=O) groups excluding carboxylic acids is 1. The lowest BCUT2D eigenvalue weighted by molar-refractivity contribution is 0.0917. The highest BCUT2D eigenvalue weighted by Gasteiger charge is 2.24. The Morgan fingerprint density at radius 2 is 2.08 bits per heavy atom. The van der Waals surface area contributed by atoms with E-state index in [0.29, 0.717) is 23.3 Å². The molecule has 2 aromatic rings. The summed E-state index contributed by atoms with van der Waals surface area (Å²) < 4.78 is 14.5. The summed E-state index contributed by atoms with van der Waals surface area (Å²) in [6.07, 6.45) is 3.67. The normalized spacial score (nSPS) is 21.7. The molecule has 9 heteroatoms. The Bertz CT molecular complexity index is 708. The van der Waals surface area contributed by atoms with Crippen molar-refractivity contribution >= 4 is 22.6 Å². The van der Waals surface area contributed by atoms with Gasteiger partial charge in [-0.1, -0.05) is 5.16 Å². The molecule has 136 valence electrons. The molecule has 1 saturated carbocycles. The number of rotatable bonds is 6. The highest BCUT2D eigenvalue weighted by Crippen LogP contribution is 2.25. The topological polar surface area (TPSA) is 102 Å². The number of hydrogen-bond donors (Lipinski definition) is 2. The molecule has 1 atom stereocenters. The van der Waals surface area contributed by atoms with Gasteiger partial charge >= 0.3 is 0 Å². The van der Waals surface area contributed by atoms with Crippen molar-refractivity contribution in [2.45, 2.75) is 57.7 Å². The molecule has 0 saturated heterocycles. The fourth-order valence-corrected chi connectivity index (χ4v) is 3.58. The van der Waals surface area contributed by atoms with E-state index in [0.717, 1.165) is 30.8 Å². The lowest BCUT2D eigenvalue weighted by Crippen LogP contribution is -2.40. The molecule has 25 heavy (non-hydrogen) atoms. The summed E-state index contributed by atoms with van der Waals surface area (Å²) >= 11 is 1.36. The molecule has 0 spiro atoms. The Labute approximate surface area is 150 Å². The number of carbonyl (C=O) groups is 1. The molecule has 0 aromatic carbocycles. The van der Waals surface area contributed by atoms with Crippen LogP contribution in [0.25, 0.3) is 0 Å². The first-order chi connectivity index (χ1) is 12.0. The average molecular weight is 365 g/mol. The maximum atomic E-state index is 12.1. The van der Waals surface area contributed by atoms with Crippen LogP contribution in [0.2, 0.25) is 0 Å². The van der Waals surface area contributed by atoms with Gasteiger partial charge in [-0.05, 0) is 39.5 Å². The van der Waals surface area contributed by atoms with Crippen LogP contribution in [0.5, 0.6) is 0 Å². The highest BCUT2D eigenvalue weighted by molar-refractivity contribution is 7.09. The predicted molar refractivity (Wildman–Crippen MR) is 93.7 cm³/mol. The van der Waals surface area contributed by atoms with Crippen LogP contribution < -0.4 is 10.6 Å². The summed E-state index contributed by atoms with van der Waals surface area (Å²) in [6.45, 7) is 3.70. The van der Waals surface area contributed by atoms with Crippen molar-refractivity contribution in [3.05, 3.63) is 23.3 Å². The SMILES string of the molecule is COC(C)c1nsc(NC2CCC(NC(=O)c3cc(C)on3)CC2)n1. The fraction of sp³-hybridized carbons (Fsp3) is 0.625. The largest absolute Gasteiger partial charge is 0.374 e. The molecule has 0 radical (unpaired) electrons. The highest BCUT2D eigenvalue weighted by atomic mass is 32.1. The monoisotopic (exact) mass is 365 g/mol. The molecule has 1 aliphatic rings. The van der Waals surface area contributed by atoms with Crippen LogP contribution >= 0.6 is 11.5 Å². The summed E-state index contributed by atoms with van der Waals surface area (Å²) in [5, 5.41) is 11.0. The standard InChI is InChI=1S/C16H23N5O3S/c1-9-8-13(20-24-9)15(22)17-11-4-6-12(7-5-11)18-16-19-14(21-25-16)10(2)23-3/h8,10-12H,4-7H2,1-3H3,(H,17,22)(H,18,19,21). The predicted octanol–water partition coefficient (Wildman–Crippen LogP) is 2.70. The summed E-state index contributed by atoms with van der Waals surface area (Å²) in [7, 11) is 1.65. The maximum Gasteiger partial charge on any atom is 0.273 e. The molecule has 0 aliphatic heterocycles. The van der Waals surface area contributed by atoms with Gasteiger partial charge in [0.15, 0.2) is 11.5 Å². The second-order valence-corrected chi connectivity index (χ2v) is 7.08. The molecular formula is C16H23N5O3S. The zero-order valence-corrected chi connectivity index (χ0v) is 15.4. The Kier molecular flexibility index (Phi) is 5.64. The van der Waals surface area contributed by atoms with Crippen LogP contribution in [0.15, 0.2) is 10.6 Å². The van der Waals surface area contributed by atoms with E-state index in [9.17, 15) is 4.79 Å². The van der Waals surface area contributed by atoms with Gasteiger partial charge in [0, 0.05) is 36.8 Å². The number of anilines is 1. The molecule has 1 amide bonds. The Hall–Kier alpha value is -2.00. The first-order valence-electron chi connectivity index (χ1n) is 8.42. The molecule has 0 bridgehead atoms. The quantitative estimate of drug-likeness (QED) is 0.811. The van der Waals surface area contributed by atoms with E-state index in [2.05, 4.69) is 25.1 Å². The Morgan fingerprint density at radius 3 is 2.72 bits per heavy atom. The average Bonchev–Trinajstić information content (AvgIpc) is 3.25. The van der Waals surface area contributed by atoms with Crippen molar-refractivity contribution in [3.8, 4) is 0 Å². The summed E-state index contributed by atoms with van der Waals surface area (Å²) in [5.74, 6) is 1.17. The van der Waals surface area contributed by atoms with Gasteiger partial charge < -0.3 is 19.9 Å². The lowest BCUT2D eigenvalue weighted by Gasteiger charge is -2.29. The first kappa shape index (κ1) is 17.8. The van der Waals surface area contributed by atoms with E-state index >= 15 is 0 Å². The van der Waals surface area contributed by atoms with Gasteiger partial charge in [-0.2, -0.15) is 4.37 Å². The van der Waals surface area contributed by atoms with Gasteiger partial charge in [-0.3, -0.25) is 4.79 Å². The van der Waals surface area contributed by atoms with Crippen molar-refractivity contribution in [2.75, 3.05) is 12.4 Å². The lowest BCUT2D eigenvalue weighted by atomic mass is 9.91. The Balaban J connectivity index is 1.45. The van der Waals surface area contributed by atoms with Crippen molar-refractivity contribution in [2.24, 2.45) is 0 Å². The van der Waals surface area contributed by atoms with Gasteiger partial charge in [-0.15, -0.1) is 0 Å². The van der Waals surface area contributed by atoms with Crippen molar-refractivity contribution in [1.82, 2.24) is 19.8 Å². The van der Waals surface area contributed by atoms with E-state index in [4.69, 9.17) is 9.26 Å². The number of aryl methyl sites for hydroxylation is 1. The number of methoxy groups -OCH3 is 1. The van der Waals surface area contributed by atoms with E-state index in [1.54, 1.807) is 20.1 Å². The van der Waals surface area contributed by atoms with Crippen LogP contribution in [0.4, 0.5) is 5.13 Å². The summed E-state index contributed by atoms with van der Waals surface area (Å²) in [4.78, 5) is 16.6. The number of ether oxygens (including phenoxy) is 1. The van der Waals surface area contributed by atoms with E-state index in [-0.39, 0.29) is 18.1 Å². The third-order valence-electron chi connectivity index (χ3n) is 4.41. The molecule has 3 rings (SSSR count). The first-order valence-corrected chi connectivity index (χ1v) is 9.19. The van der Waals surface area contributed by atoms with Crippen LogP contribution in [0, 0.1) is 6.92 Å². The van der Waals surface area contributed by atoms with Crippen molar-refractivity contribution < 1.29 is 14.1 Å². The molecule has 2 heterocycles.